The maximum Gasteiger partial charge on any atom is 0.418 e. The summed E-state index contributed by atoms with van der Waals surface area (Å²) in [5.74, 6) is 1.51. The van der Waals surface area contributed by atoms with Crippen LogP contribution in [0.25, 0.3) is 0 Å². The van der Waals surface area contributed by atoms with Crippen molar-refractivity contribution in [2.24, 2.45) is 5.92 Å². The minimum atomic E-state index is -0.597. The second-order valence-corrected chi connectivity index (χ2v) is 5.31. The lowest BCUT2D eigenvalue weighted by Crippen LogP contribution is -2.17. The fourth-order valence-electron chi connectivity index (χ4n) is 2.19. The summed E-state index contributed by atoms with van der Waals surface area (Å²) < 4.78 is 5.15. The van der Waals surface area contributed by atoms with Crippen molar-refractivity contribution in [3.63, 3.8) is 0 Å². The van der Waals surface area contributed by atoms with E-state index in [9.17, 15) is 4.79 Å². The molecule has 1 aliphatic carbocycles. The third kappa shape index (κ3) is 3.61. The topological polar surface area (TPSA) is 75.0 Å². The Labute approximate surface area is 128 Å². The van der Waals surface area contributed by atoms with Gasteiger partial charge >= 0.3 is 6.09 Å². The van der Waals surface area contributed by atoms with Gasteiger partial charge < -0.3 is 4.74 Å². The molecule has 3 rings (SSSR count). The number of rotatable bonds is 4. The highest BCUT2D eigenvalue weighted by Crippen LogP contribution is 2.33. The molecule has 1 aromatic carbocycles. The number of amides is 1. The Balaban J connectivity index is 1.69. The molecule has 22 heavy (non-hydrogen) atoms. The number of carbonyl (C=O) groups excluding carboxylic acids is 1. The molecule has 0 atom stereocenters. The fraction of sp³-hybridized carbons (Fsp3) is 0.235. The van der Waals surface area contributed by atoms with Gasteiger partial charge in [0, 0.05) is 6.20 Å². The van der Waals surface area contributed by atoms with Crippen LogP contribution in [0.15, 0.2) is 42.6 Å². The van der Waals surface area contributed by atoms with Crippen LogP contribution in [0, 0.1) is 17.2 Å². The third-order valence-electron chi connectivity index (χ3n) is 3.50. The van der Waals surface area contributed by atoms with Gasteiger partial charge in [-0.15, -0.1) is 0 Å². The van der Waals surface area contributed by atoms with E-state index in [0.717, 1.165) is 12.0 Å². The van der Waals surface area contributed by atoms with Gasteiger partial charge in [-0.05, 0) is 48.9 Å². The summed E-state index contributed by atoms with van der Waals surface area (Å²) >= 11 is 0. The number of ether oxygens (including phenoxy) is 1. The van der Waals surface area contributed by atoms with E-state index in [0.29, 0.717) is 23.0 Å². The van der Waals surface area contributed by atoms with E-state index >= 15 is 0 Å². The van der Waals surface area contributed by atoms with E-state index < -0.39 is 6.09 Å². The van der Waals surface area contributed by atoms with Gasteiger partial charge in [0.25, 0.3) is 0 Å². The van der Waals surface area contributed by atoms with Crippen molar-refractivity contribution < 1.29 is 9.53 Å². The average molecular weight is 293 g/mol. The minimum absolute atomic E-state index is 0.399. The van der Waals surface area contributed by atoms with Gasteiger partial charge in [-0.1, -0.05) is 18.2 Å². The standard InChI is InChI=1S/C17H15N3O2/c18-10-14-11-19-16(9-13(14)8-12-6-7-12)20-17(21)22-15-4-2-1-3-5-15/h1-5,9,11-12H,6-8H2,(H,19,20,21). The summed E-state index contributed by atoms with van der Waals surface area (Å²) in [6.07, 6.45) is 4.16. The number of para-hydroxylation sites is 1. The molecule has 0 spiro atoms. The summed E-state index contributed by atoms with van der Waals surface area (Å²) in [6, 6.07) is 12.7. The van der Waals surface area contributed by atoms with Gasteiger partial charge in [0.1, 0.15) is 17.6 Å². The summed E-state index contributed by atoms with van der Waals surface area (Å²) in [7, 11) is 0. The molecule has 1 aliphatic rings. The van der Waals surface area contributed by atoms with Crippen LogP contribution >= 0.6 is 0 Å². The Morgan fingerprint density at radius 2 is 2.14 bits per heavy atom. The number of nitriles is 1. The molecule has 1 heterocycles. The molecule has 0 saturated heterocycles. The zero-order chi connectivity index (χ0) is 15.4. The van der Waals surface area contributed by atoms with Crippen LogP contribution in [0.3, 0.4) is 0 Å². The summed E-state index contributed by atoms with van der Waals surface area (Å²) in [4.78, 5) is 15.9. The van der Waals surface area contributed by atoms with Crippen LogP contribution in [0.2, 0.25) is 0 Å². The number of carbonyl (C=O) groups is 1. The maximum absolute atomic E-state index is 11.8. The number of hydrogen-bond donors (Lipinski definition) is 1. The van der Waals surface area contributed by atoms with E-state index in [1.807, 2.05) is 6.07 Å². The molecule has 0 unspecified atom stereocenters. The van der Waals surface area contributed by atoms with Gasteiger partial charge in [-0.2, -0.15) is 5.26 Å². The van der Waals surface area contributed by atoms with Gasteiger partial charge in [0.15, 0.2) is 0 Å². The lowest BCUT2D eigenvalue weighted by Gasteiger charge is -2.08. The second-order valence-electron chi connectivity index (χ2n) is 5.31. The molecule has 110 valence electrons. The monoisotopic (exact) mass is 293 g/mol. The molecule has 0 aliphatic heterocycles. The normalized spacial score (nSPS) is 13.2. The van der Waals surface area contributed by atoms with Gasteiger partial charge in [0.2, 0.25) is 0 Å². The predicted molar refractivity (Wildman–Crippen MR) is 81.5 cm³/mol. The van der Waals surface area contributed by atoms with Crippen molar-refractivity contribution in [2.45, 2.75) is 19.3 Å². The molecule has 0 bridgehead atoms. The minimum Gasteiger partial charge on any atom is -0.410 e. The highest BCUT2D eigenvalue weighted by Gasteiger charge is 2.23. The van der Waals surface area contributed by atoms with Crippen molar-refractivity contribution in [3.8, 4) is 11.8 Å². The number of hydrogen-bond acceptors (Lipinski definition) is 4. The molecule has 1 N–H and O–H groups in total. The molecular weight excluding hydrogens is 278 g/mol. The van der Waals surface area contributed by atoms with Crippen LogP contribution in [0.1, 0.15) is 24.0 Å². The number of nitrogens with zero attached hydrogens (tertiary/aromatic N) is 2. The van der Waals surface area contributed by atoms with E-state index in [1.165, 1.54) is 19.0 Å². The third-order valence-corrected chi connectivity index (χ3v) is 3.50. The van der Waals surface area contributed by atoms with Crippen molar-refractivity contribution >= 4 is 11.9 Å². The van der Waals surface area contributed by atoms with Crippen molar-refractivity contribution in [2.75, 3.05) is 5.32 Å². The largest absolute Gasteiger partial charge is 0.418 e. The number of pyridine rings is 1. The van der Waals surface area contributed by atoms with E-state index in [4.69, 9.17) is 10.00 Å². The first kappa shape index (κ1) is 14.1. The van der Waals surface area contributed by atoms with Crippen molar-refractivity contribution in [1.29, 1.82) is 5.26 Å². The first-order valence-electron chi connectivity index (χ1n) is 7.17. The van der Waals surface area contributed by atoms with E-state index in [2.05, 4.69) is 16.4 Å². The Bertz CT molecular complexity index is 718. The highest BCUT2D eigenvalue weighted by molar-refractivity contribution is 5.85. The zero-order valence-electron chi connectivity index (χ0n) is 12.0. The Morgan fingerprint density at radius 3 is 2.82 bits per heavy atom. The maximum atomic E-state index is 11.8. The van der Waals surface area contributed by atoms with Gasteiger partial charge in [-0.3, -0.25) is 5.32 Å². The van der Waals surface area contributed by atoms with E-state index in [1.54, 1.807) is 30.3 Å². The molecular formula is C17H15N3O2. The van der Waals surface area contributed by atoms with Crippen LogP contribution in [0.5, 0.6) is 5.75 Å². The lowest BCUT2D eigenvalue weighted by molar-refractivity contribution is 0.215. The second kappa shape index (κ2) is 6.27. The summed E-state index contributed by atoms with van der Waals surface area (Å²) in [5.41, 5.74) is 1.49. The average Bonchev–Trinajstić information content (AvgIpc) is 3.32. The Hall–Kier alpha value is -2.87. The Morgan fingerprint density at radius 1 is 1.36 bits per heavy atom. The molecule has 1 fully saturated rings. The summed E-state index contributed by atoms with van der Waals surface area (Å²) in [6.45, 7) is 0. The molecule has 1 aromatic heterocycles. The number of benzene rings is 1. The quantitative estimate of drug-likeness (QED) is 0.935. The first-order chi connectivity index (χ1) is 10.7. The predicted octanol–water partition coefficient (Wildman–Crippen LogP) is 3.52. The van der Waals surface area contributed by atoms with Crippen LogP contribution in [-0.4, -0.2) is 11.1 Å². The van der Waals surface area contributed by atoms with Gasteiger partial charge in [-0.25, -0.2) is 9.78 Å². The van der Waals surface area contributed by atoms with Crippen LogP contribution in [0.4, 0.5) is 10.6 Å². The number of aromatic nitrogens is 1. The van der Waals surface area contributed by atoms with E-state index in [-0.39, 0.29) is 0 Å². The molecule has 5 nitrogen and oxygen atoms in total. The van der Waals surface area contributed by atoms with Gasteiger partial charge in [0.05, 0.1) is 5.56 Å². The molecule has 1 saturated carbocycles. The summed E-state index contributed by atoms with van der Waals surface area (Å²) in [5, 5.41) is 11.7. The lowest BCUT2D eigenvalue weighted by atomic mass is 10.1. The number of anilines is 1. The Kier molecular flexibility index (Phi) is 4.01. The SMILES string of the molecule is N#Cc1cnc(NC(=O)Oc2ccccc2)cc1CC1CC1. The van der Waals surface area contributed by atoms with Crippen molar-refractivity contribution in [3.05, 3.63) is 53.7 Å². The molecule has 5 heteroatoms. The molecule has 2 aromatic rings. The smallest absolute Gasteiger partial charge is 0.410 e. The first-order valence-corrected chi connectivity index (χ1v) is 7.17. The fourth-order valence-corrected chi connectivity index (χ4v) is 2.19. The number of nitrogens with one attached hydrogen (secondary N) is 1. The van der Waals surface area contributed by atoms with Crippen LogP contribution in [-0.2, 0) is 6.42 Å². The van der Waals surface area contributed by atoms with Crippen molar-refractivity contribution in [1.82, 2.24) is 4.98 Å². The molecule has 1 amide bonds. The zero-order valence-corrected chi connectivity index (χ0v) is 12.0. The molecule has 0 radical (unpaired) electrons. The highest BCUT2D eigenvalue weighted by atomic mass is 16.6. The van der Waals surface area contributed by atoms with Crippen LogP contribution < -0.4 is 10.1 Å².